The number of nitrogens with zero attached hydrogens (tertiary/aromatic N) is 3. The zero-order chi connectivity index (χ0) is 22.2. The van der Waals surface area contributed by atoms with E-state index in [1.165, 1.54) is 0 Å². The number of ether oxygens (including phenoxy) is 1. The topological polar surface area (TPSA) is 94.0 Å². The summed E-state index contributed by atoms with van der Waals surface area (Å²) in [6.07, 6.45) is 3.00. The van der Waals surface area contributed by atoms with E-state index in [-0.39, 0.29) is 17.9 Å². The van der Waals surface area contributed by atoms with Crippen LogP contribution in [0.5, 0.6) is 0 Å². The van der Waals surface area contributed by atoms with E-state index in [0.29, 0.717) is 29.5 Å². The number of hydrogen-bond acceptors (Lipinski definition) is 5. The number of anilines is 1. The molecule has 2 aromatic rings. The first-order chi connectivity index (χ1) is 14.8. The number of likely N-dealkylation sites (tertiary alicyclic amines) is 1. The highest BCUT2D eigenvalue weighted by atomic mass is 35.5. The molecule has 162 valence electrons. The van der Waals surface area contributed by atoms with E-state index < -0.39 is 5.60 Å². The molecular weight excluding hydrogens is 414 g/mol. The van der Waals surface area contributed by atoms with Gasteiger partial charge in [-0.05, 0) is 45.2 Å². The Morgan fingerprint density at radius 3 is 2.61 bits per heavy atom. The third-order valence-corrected chi connectivity index (χ3v) is 6.05. The molecule has 7 nitrogen and oxygen atoms in total. The van der Waals surface area contributed by atoms with Crippen LogP contribution in [0.25, 0.3) is 0 Å². The van der Waals surface area contributed by atoms with Gasteiger partial charge in [0.25, 0.3) is 0 Å². The molecule has 1 unspecified atom stereocenters. The maximum absolute atomic E-state index is 12.4. The van der Waals surface area contributed by atoms with Crippen LogP contribution in [-0.2, 0) is 4.74 Å². The molecule has 1 saturated heterocycles. The summed E-state index contributed by atoms with van der Waals surface area (Å²) in [4.78, 5) is 14.2. The molecule has 31 heavy (non-hydrogen) atoms. The van der Waals surface area contributed by atoms with E-state index >= 15 is 0 Å². The van der Waals surface area contributed by atoms with Crippen molar-refractivity contribution in [3.8, 4) is 6.07 Å². The van der Waals surface area contributed by atoms with Gasteiger partial charge in [0.15, 0.2) is 5.82 Å². The Morgan fingerprint density at radius 2 is 1.97 bits per heavy atom. The van der Waals surface area contributed by atoms with Crippen LogP contribution in [0.15, 0.2) is 41.7 Å². The van der Waals surface area contributed by atoms with Gasteiger partial charge in [-0.15, -0.1) is 0 Å². The number of piperidine rings is 1. The third kappa shape index (κ3) is 4.26. The molecule has 0 radical (unpaired) electrons. The number of aromatic nitrogens is 2. The summed E-state index contributed by atoms with van der Waals surface area (Å²) in [5, 5.41) is 21.4. The smallest absolute Gasteiger partial charge is 0.410 e. The summed E-state index contributed by atoms with van der Waals surface area (Å²) in [5.41, 5.74) is 2.79. The number of aromatic amines is 1. The standard InChI is InChI=1S/C23H26ClN5O2/c1-23(2,3)31-22(30)29-10-8-14(9-11-29)20-16(12-25)19(15-6-4-5-7-18(15)24)17-13-26-28-21(17)27-20/h4-7,13-14,19H,8-11H2,1-3H3,(H2,26,27,28). The van der Waals surface area contributed by atoms with Gasteiger partial charge in [-0.2, -0.15) is 10.4 Å². The van der Waals surface area contributed by atoms with Crippen LogP contribution in [-0.4, -0.2) is 39.9 Å². The number of benzene rings is 1. The molecule has 2 aliphatic rings. The molecule has 0 bridgehead atoms. The molecular formula is C23H26ClN5O2. The van der Waals surface area contributed by atoms with E-state index in [0.717, 1.165) is 29.7 Å². The first-order valence-electron chi connectivity index (χ1n) is 10.5. The highest BCUT2D eigenvalue weighted by molar-refractivity contribution is 6.31. The number of halogens is 1. The Bertz CT molecular complexity index is 1050. The Balaban J connectivity index is 1.62. The molecule has 4 rings (SSSR count). The minimum Gasteiger partial charge on any atom is -0.444 e. The Morgan fingerprint density at radius 1 is 1.26 bits per heavy atom. The number of rotatable bonds is 2. The average Bonchev–Trinajstić information content (AvgIpc) is 3.20. The van der Waals surface area contributed by atoms with Crippen molar-refractivity contribution in [2.24, 2.45) is 5.92 Å². The number of nitrogens with one attached hydrogen (secondary N) is 2. The second kappa shape index (κ2) is 8.27. The number of carbonyl (C=O) groups excluding carboxylic acids is 1. The summed E-state index contributed by atoms with van der Waals surface area (Å²) < 4.78 is 5.50. The number of amides is 1. The number of carbonyl (C=O) groups is 1. The van der Waals surface area contributed by atoms with Crippen LogP contribution in [0.2, 0.25) is 5.02 Å². The van der Waals surface area contributed by atoms with Gasteiger partial charge in [-0.25, -0.2) is 4.79 Å². The number of hydrogen-bond donors (Lipinski definition) is 2. The number of nitriles is 1. The fourth-order valence-electron chi connectivity index (χ4n) is 4.28. The van der Waals surface area contributed by atoms with Crippen LogP contribution >= 0.6 is 11.6 Å². The van der Waals surface area contributed by atoms with Gasteiger partial charge in [0.2, 0.25) is 0 Å². The molecule has 8 heteroatoms. The lowest BCUT2D eigenvalue weighted by Crippen LogP contribution is -2.42. The Labute approximate surface area is 187 Å². The van der Waals surface area contributed by atoms with E-state index in [1.807, 2.05) is 51.2 Å². The van der Waals surface area contributed by atoms with Gasteiger partial charge in [0, 0.05) is 41.5 Å². The predicted octanol–water partition coefficient (Wildman–Crippen LogP) is 5.05. The van der Waals surface area contributed by atoms with Gasteiger partial charge in [0.05, 0.1) is 17.6 Å². The second-order valence-corrected chi connectivity index (χ2v) is 9.36. The van der Waals surface area contributed by atoms with Gasteiger partial charge in [0.1, 0.15) is 5.60 Å². The zero-order valence-corrected chi connectivity index (χ0v) is 18.7. The third-order valence-electron chi connectivity index (χ3n) is 5.70. The maximum Gasteiger partial charge on any atom is 0.410 e. The second-order valence-electron chi connectivity index (χ2n) is 8.95. The van der Waals surface area contributed by atoms with Gasteiger partial charge >= 0.3 is 6.09 Å². The quantitative estimate of drug-likeness (QED) is 0.683. The van der Waals surface area contributed by atoms with Crippen molar-refractivity contribution >= 4 is 23.5 Å². The molecule has 0 spiro atoms. The zero-order valence-electron chi connectivity index (χ0n) is 17.9. The van der Waals surface area contributed by atoms with Crippen molar-refractivity contribution in [1.82, 2.24) is 15.1 Å². The predicted molar refractivity (Wildman–Crippen MR) is 119 cm³/mol. The van der Waals surface area contributed by atoms with E-state index in [2.05, 4.69) is 21.6 Å². The molecule has 1 aromatic heterocycles. The highest BCUT2D eigenvalue weighted by Crippen LogP contribution is 2.45. The van der Waals surface area contributed by atoms with Crippen molar-refractivity contribution in [2.75, 3.05) is 18.4 Å². The first kappa shape index (κ1) is 21.3. The van der Waals surface area contributed by atoms with Crippen LogP contribution in [0, 0.1) is 17.2 Å². The van der Waals surface area contributed by atoms with Crippen molar-refractivity contribution < 1.29 is 9.53 Å². The summed E-state index contributed by atoms with van der Waals surface area (Å²) >= 11 is 6.51. The maximum atomic E-state index is 12.4. The minimum atomic E-state index is -0.520. The van der Waals surface area contributed by atoms with Crippen molar-refractivity contribution in [3.05, 3.63) is 57.9 Å². The largest absolute Gasteiger partial charge is 0.444 e. The molecule has 2 N–H and O–H groups in total. The van der Waals surface area contributed by atoms with Gasteiger partial charge < -0.3 is 15.0 Å². The lowest BCUT2D eigenvalue weighted by atomic mass is 9.79. The number of fused-ring (bicyclic) bond motifs is 1. The minimum absolute atomic E-state index is 0.114. The Kier molecular flexibility index (Phi) is 5.67. The molecule has 0 saturated carbocycles. The van der Waals surface area contributed by atoms with Gasteiger partial charge in [-0.3, -0.25) is 5.10 Å². The van der Waals surface area contributed by atoms with E-state index in [4.69, 9.17) is 16.3 Å². The van der Waals surface area contributed by atoms with Crippen LogP contribution in [0.4, 0.5) is 10.6 Å². The van der Waals surface area contributed by atoms with Crippen molar-refractivity contribution in [3.63, 3.8) is 0 Å². The first-order valence-corrected chi connectivity index (χ1v) is 10.8. The van der Waals surface area contributed by atoms with Crippen molar-refractivity contribution in [2.45, 2.75) is 45.1 Å². The summed E-state index contributed by atoms with van der Waals surface area (Å²) in [6, 6.07) is 10.0. The van der Waals surface area contributed by atoms with Crippen LogP contribution in [0.3, 0.4) is 0 Å². The fourth-order valence-corrected chi connectivity index (χ4v) is 4.53. The Hall–Kier alpha value is -2.98. The lowest BCUT2D eigenvalue weighted by Gasteiger charge is -2.36. The monoisotopic (exact) mass is 439 g/mol. The van der Waals surface area contributed by atoms with E-state index in [1.54, 1.807) is 4.90 Å². The molecule has 1 amide bonds. The van der Waals surface area contributed by atoms with Crippen LogP contribution in [0.1, 0.15) is 50.7 Å². The number of H-pyrrole nitrogens is 1. The highest BCUT2D eigenvalue weighted by Gasteiger charge is 2.37. The van der Waals surface area contributed by atoms with Crippen LogP contribution < -0.4 is 5.32 Å². The molecule has 1 fully saturated rings. The SMILES string of the molecule is CC(C)(C)OC(=O)N1CCC(C2=C(C#N)C(c3ccccc3Cl)c3c[nH]nc3N2)CC1. The summed E-state index contributed by atoms with van der Waals surface area (Å²) in [6.45, 7) is 6.75. The lowest BCUT2D eigenvalue weighted by molar-refractivity contribution is 0.0194. The molecule has 1 aromatic carbocycles. The fraction of sp³-hybridized carbons (Fsp3) is 0.435. The molecule has 2 aliphatic heterocycles. The van der Waals surface area contributed by atoms with Gasteiger partial charge in [-0.1, -0.05) is 29.8 Å². The molecule has 3 heterocycles. The summed E-state index contributed by atoms with van der Waals surface area (Å²) in [5.74, 6) is 0.546. The number of allylic oxidation sites excluding steroid dienone is 2. The molecule has 1 atom stereocenters. The average molecular weight is 440 g/mol. The van der Waals surface area contributed by atoms with E-state index in [9.17, 15) is 10.1 Å². The normalized spacial score (nSPS) is 19.5. The summed E-state index contributed by atoms with van der Waals surface area (Å²) in [7, 11) is 0. The molecule has 0 aliphatic carbocycles. The van der Waals surface area contributed by atoms with Crippen molar-refractivity contribution in [1.29, 1.82) is 5.26 Å².